The number of anilines is 1. The number of hydrogen-bond donors (Lipinski definition) is 0. The van der Waals surface area contributed by atoms with Crippen molar-refractivity contribution < 1.29 is 0 Å². The fourth-order valence-corrected chi connectivity index (χ4v) is 2.91. The van der Waals surface area contributed by atoms with E-state index in [1.807, 2.05) is 37.6 Å². The van der Waals surface area contributed by atoms with Crippen LogP contribution in [-0.2, 0) is 7.05 Å². The molecule has 0 amide bonds. The quantitative estimate of drug-likeness (QED) is 0.729. The van der Waals surface area contributed by atoms with Crippen LogP contribution in [-0.4, -0.2) is 47.4 Å². The monoisotopic (exact) mass is 324 g/mol. The summed E-state index contributed by atoms with van der Waals surface area (Å²) in [6.07, 6.45) is 7.99. The van der Waals surface area contributed by atoms with Crippen LogP contribution in [0, 0.1) is 13.8 Å². The summed E-state index contributed by atoms with van der Waals surface area (Å²) in [7, 11) is 1.90. The highest BCUT2D eigenvalue weighted by Gasteiger charge is 2.17. The zero-order chi connectivity index (χ0) is 16.7. The molecule has 1 aliphatic rings. The van der Waals surface area contributed by atoms with Crippen molar-refractivity contribution in [3.8, 4) is 0 Å². The lowest BCUT2D eigenvalue weighted by molar-refractivity contribution is 0.747. The Balaban J connectivity index is 1.63. The Hall–Kier alpha value is -2.77. The normalized spacial score (nSPS) is 15.2. The number of hydrogen-bond acceptors (Lipinski definition) is 6. The number of rotatable bonds is 3. The molecule has 8 heteroatoms. The Morgan fingerprint density at radius 1 is 1.04 bits per heavy atom. The molecule has 0 aliphatic carbocycles. The van der Waals surface area contributed by atoms with Crippen molar-refractivity contribution in [3.63, 3.8) is 0 Å². The van der Waals surface area contributed by atoms with Gasteiger partial charge in [-0.05, 0) is 38.8 Å². The SMILES string of the molecule is Cc1ncc(C)n2nc(C=Cc3nc(N4CCCC4)nn3C)nc12. The third-order valence-electron chi connectivity index (χ3n) is 4.28. The molecule has 0 radical (unpaired) electrons. The zero-order valence-corrected chi connectivity index (χ0v) is 14.1. The first-order valence-electron chi connectivity index (χ1n) is 8.15. The lowest BCUT2D eigenvalue weighted by Crippen LogP contribution is -2.19. The number of aromatic nitrogens is 7. The molecule has 1 saturated heterocycles. The van der Waals surface area contributed by atoms with Gasteiger partial charge in [0.05, 0.1) is 11.4 Å². The molecule has 0 unspecified atom stereocenters. The molecule has 1 fully saturated rings. The minimum Gasteiger partial charge on any atom is -0.340 e. The maximum Gasteiger partial charge on any atom is 0.245 e. The molecule has 124 valence electrons. The van der Waals surface area contributed by atoms with E-state index >= 15 is 0 Å². The van der Waals surface area contributed by atoms with Gasteiger partial charge in [0.2, 0.25) is 5.95 Å². The molecule has 0 bridgehead atoms. The predicted octanol–water partition coefficient (Wildman–Crippen LogP) is 1.64. The van der Waals surface area contributed by atoms with Crippen LogP contribution in [0.15, 0.2) is 6.20 Å². The predicted molar refractivity (Wildman–Crippen MR) is 91.6 cm³/mol. The van der Waals surface area contributed by atoms with Crippen LogP contribution >= 0.6 is 0 Å². The Morgan fingerprint density at radius 3 is 2.58 bits per heavy atom. The van der Waals surface area contributed by atoms with Crippen molar-refractivity contribution in [2.45, 2.75) is 26.7 Å². The van der Waals surface area contributed by atoms with Gasteiger partial charge in [0.1, 0.15) is 0 Å². The summed E-state index contributed by atoms with van der Waals surface area (Å²) in [6, 6.07) is 0. The first kappa shape index (κ1) is 14.8. The summed E-state index contributed by atoms with van der Waals surface area (Å²) in [5.41, 5.74) is 2.60. The zero-order valence-electron chi connectivity index (χ0n) is 14.1. The van der Waals surface area contributed by atoms with Gasteiger partial charge in [-0.1, -0.05) is 0 Å². The van der Waals surface area contributed by atoms with E-state index in [9.17, 15) is 0 Å². The topological polar surface area (TPSA) is 77.0 Å². The number of fused-ring (bicyclic) bond motifs is 1. The average molecular weight is 324 g/mol. The van der Waals surface area contributed by atoms with E-state index in [-0.39, 0.29) is 0 Å². The first-order valence-corrected chi connectivity index (χ1v) is 8.15. The van der Waals surface area contributed by atoms with Gasteiger partial charge in [0.25, 0.3) is 0 Å². The molecule has 3 aromatic rings. The maximum atomic E-state index is 4.61. The highest BCUT2D eigenvalue weighted by molar-refractivity contribution is 5.65. The molecule has 0 saturated carbocycles. The molecule has 0 atom stereocenters. The molecular formula is C16H20N8. The van der Waals surface area contributed by atoms with E-state index in [0.29, 0.717) is 5.82 Å². The summed E-state index contributed by atoms with van der Waals surface area (Å²) < 4.78 is 3.60. The molecule has 0 N–H and O–H groups in total. The highest BCUT2D eigenvalue weighted by atomic mass is 15.4. The second kappa shape index (κ2) is 5.70. The summed E-state index contributed by atoms with van der Waals surface area (Å²) in [5, 5.41) is 9.01. The highest BCUT2D eigenvalue weighted by Crippen LogP contribution is 2.17. The van der Waals surface area contributed by atoms with Crippen molar-refractivity contribution in [3.05, 3.63) is 29.2 Å². The molecule has 4 heterocycles. The van der Waals surface area contributed by atoms with Crippen molar-refractivity contribution in [1.29, 1.82) is 0 Å². The second-order valence-electron chi connectivity index (χ2n) is 6.11. The minimum atomic E-state index is 0.639. The lowest BCUT2D eigenvalue weighted by Gasteiger charge is -2.10. The van der Waals surface area contributed by atoms with E-state index in [2.05, 4.69) is 30.0 Å². The van der Waals surface area contributed by atoms with Crippen molar-refractivity contribution >= 4 is 23.7 Å². The third kappa shape index (κ3) is 2.53. The van der Waals surface area contributed by atoms with Gasteiger partial charge in [-0.25, -0.2) is 14.2 Å². The van der Waals surface area contributed by atoms with E-state index in [0.717, 1.165) is 41.9 Å². The van der Waals surface area contributed by atoms with Gasteiger partial charge in [0, 0.05) is 26.3 Å². The molecular weight excluding hydrogens is 304 g/mol. The van der Waals surface area contributed by atoms with Crippen LogP contribution in [0.5, 0.6) is 0 Å². The Kier molecular flexibility index (Phi) is 3.51. The smallest absolute Gasteiger partial charge is 0.245 e. The van der Waals surface area contributed by atoms with Crippen LogP contribution in [0.1, 0.15) is 35.9 Å². The van der Waals surface area contributed by atoms with Gasteiger partial charge in [-0.15, -0.1) is 10.2 Å². The number of nitrogens with zero attached hydrogens (tertiary/aromatic N) is 8. The fourth-order valence-electron chi connectivity index (χ4n) is 2.91. The number of aryl methyl sites for hydroxylation is 3. The first-order chi connectivity index (χ1) is 11.6. The van der Waals surface area contributed by atoms with Gasteiger partial charge in [-0.3, -0.25) is 4.98 Å². The van der Waals surface area contributed by atoms with E-state index in [1.54, 1.807) is 10.9 Å². The van der Waals surface area contributed by atoms with Crippen molar-refractivity contribution in [1.82, 2.24) is 34.3 Å². The molecule has 0 aromatic carbocycles. The Labute approximate surface area is 139 Å². The van der Waals surface area contributed by atoms with Crippen LogP contribution in [0.4, 0.5) is 5.95 Å². The van der Waals surface area contributed by atoms with E-state index in [4.69, 9.17) is 0 Å². The summed E-state index contributed by atoms with van der Waals surface area (Å²) in [4.78, 5) is 15.7. The molecule has 8 nitrogen and oxygen atoms in total. The average Bonchev–Trinajstić information content (AvgIpc) is 3.28. The van der Waals surface area contributed by atoms with E-state index in [1.165, 1.54) is 12.8 Å². The third-order valence-corrected chi connectivity index (χ3v) is 4.28. The lowest BCUT2D eigenvalue weighted by atomic mass is 10.4. The molecule has 1 aliphatic heterocycles. The van der Waals surface area contributed by atoms with Gasteiger partial charge in [-0.2, -0.15) is 4.98 Å². The molecule has 3 aromatic heterocycles. The maximum absolute atomic E-state index is 4.61. The summed E-state index contributed by atoms with van der Waals surface area (Å²) >= 11 is 0. The van der Waals surface area contributed by atoms with Crippen LogP contribution in [0.2, 0.25) is 0 Å². The van der Waals surface area contributed by atoms with Crippen LogP contribution in [0.25, 0.3) is 17.8 Å². The standard InChI is InChI=1S/C16H20N8/c1-11-10-17-12(2)15-18-13(20-24(11)15)6-7-14-19-16(21-22(14)3)23-8-4-5-9-23/h6-7,10H,4-5,8-9H2,1-3H3. The summed E-state index contributed by atoms with van der Waals surface area (Å²) in [5.74, 6) is 2.23. The minimum absolute atomic E-state index is 0.639. The van der Waals surface area contributed by atoms with E-state index < -0.39 is 0 Å². The van der Waals surface area contributed by atoms with Gasteiger partial charge in [0.15, 0.2) is 17.3 Å². The van der Waals surface area contributed by atoms with Gasteiger partial charge < -0.3 is 4.90 Å². The molecule has 24 heavy (non-hydrogen) atoms. The largest absolute Gasteiger partial charge is 0.340 e. The van der Waals surface area contributed by atoms with Crippen LogP contribution in [0.3, 0.4) is 0 Å². The Bertz CT molecular complexity index is 875. The Morgan fingerprint density at radius 2 is 1.83 bits per heavy atom. The molecule has 0 spiro atoms. The van der Waals surface area contributed by atoms with Gasteiger partial charge >= 0.3 is 0 Å². The summed E-state index contributed by atoms with van der Waals surface area (Å²) in [6.45, 7) is 5.97. The van der Waals surface area contributed by atoms with Crippen LogP contribution < -0.4 is 4.90 Å². The van der Waals surface area contributed by atoms with Crippen molar-refractivity contribution in [2.24, 2.45) is 7.05 Å². The fraction of sp³-hybridized carbons (Fsp3) is 0.438. The second-order valence-corrected chi connectivity index (χ2v) is 6.11. The molecule has 4 rings (SSSR count). The van der Waals surface area contributed by atoms with Crippen molar-refractivity contribution in [2.75, 3.05) is 18.0 Å².